The number of nitro benzene ring substituents is 1. The van der Waals surface area contributed by atoms with Crippen molar-refractivity contribution in [2.24, 2.45) is 0 Å². The van der Waals surface area contributed by atoms with Crippen LogP contribution >= 0.6 is 23.2 Å². The minimum atomic E-state index is -1.29. The van der Waals surface area contributed by atoms with Crippen molar-refractivity contribution >= 4 is 40.5 Å². The van der Waals surface area contributed by atoms with Gasteiger partial charge >= 0.3 is 0 Å². The molecular formula is C9H8Cl2N2O4. The minimum Gasteiger partial charge on any atom is -0.496 e. The average molecular weight is 279 g/mol. The van der Waals surface area contributed by atoms with Crippen molar-refractivity contribution in [2.45, 2.75) is 4.84 Å². The number of alkyl halides is 2. The fraction of sp³-hybridized carbons (Fsp3) is 0.222. The van der Waals surface area contributed by atoms with Crippen molar-refractivity contribution < 1.29 is 14.5 Å². The van der Waals surface area contributed by atoms with Gasteiger partial charge in [0.05, 0.1) is 18.1 Å². The first kappa shape index (κ1) is 13.5. The number of nitrogens with zero attached hydrogens (tertiary/aromatic N) is 1. The maximum atomic E-state index is 11.2. The number of rotatable bonds is 4. The quantitative estimate of drug-likeness (QED) is 0.521. The highest BCUT2D eigenvalue weighted by Crippen LogP contribution is 2.29. The van der Waals surface area contributed by atoms with E-state index in [1.54, 1.807) is 0 Å². The summed E-state index contributed by atoms with van der Waals surface area (Å²) in [6, 6.07) is 4.00. The zero-order chi connectivity index (χ0) is 13.0. The fourth-order valence-corrected chi connectivity index (χ4v) is 1.19. The predicted molar refractivity (Wildman–Crippen MR) is 63.8 cm³/mol. The molecule has 1 aromatic carbocycles. The van der Waals surface area contributed by atoms with E-state index in [1.165, 1.54) is 25.3 Å². The Bertz CT molecular complexity index is 451. The van der Waals surface area contributed by atoms with Crippen molar-refractivity contribution in [3.05, 3.63) is 28.3 Å². The van der Waals surface area contributed by atoms with Gasteiger partial charge in [0.2, 0.25) is 0 Å². The Kier molecular flexibility index (Phi) is 4.53. The average Bonchev–Trinajstić information content (AvgIpc) is 2.29. The topological polar surface area (TPSA) is 81.5 Å². The first-order valence-electron chi connectivity index (χ1n) is 4.37. The van der Waals surface area contributed by atoms with Gasteiger partial charge in [-0.1, -0.05) is 23.2 Å². The number of hydrogen-bond donors (Lipinski definition) is 1. The Hall–Kier alpha value is -1.53. The van der Waals surface area contributed by atoms with Crippen molar-refractivity contribution in [1.29, 1.82) is 0 Å². The second kappa shape index (κ2) is 5.70. The minimum absolute atomic E-state index is 0.00657. The van der Waals surface area contributed by atoms with Crippen molar-refractivity contribution in [3.63, 3.8) is 0 Å². The molecule has 1 aromatic rings. The number of nitro groups is 1. The number of hydrogen-bond acceptors (Lipinski definition) is 4. The zero-order valence-electron chi connectivity index (χ0n) is 8.65. The van der Waals surface area contributed by atoms with Crippen LogP contribution in [0.15, 0.2) is 18.2 Å². The van der Waals surface area contributed by atoms with Gasteiger partial charge < -0.3 is 10.1 Å². The zero-order valence-corrected chi connectivity index (χ0v) is 10.2. The fourth-order valence-electron chi connectivity index (χ4n) is 1.08. The number of benzene rings is 1. The molecule has 0 unspecified atom stereocenters. The molecule has 0 heterocycles. The first-order chi connectivity index (χ1) is 7.95. The van der Waals surface area contributed by atoms with Crippen LogP contribution in [-0.2, 0) is 4.79 Å². The van der Waals surface area contributed by atoms with Crippen LogP contribution in [0.25, 0.3) is 0 Å². The smallest absolute Gasteiger partial charge is 0.296 e. The van der Waals surface area contributed by atoms with E-state index in [0.717, 1.165) is 0 Å². The number of ether oxygens (including phenoxy) is 1. The van der Waals surface area contributed by atoms with Crippen LogP contribution in [0.5, 0.6) is 5.75 Å². The molecule has 0 aliphatic rings. The summed E-state index contributed by atoms with van der Waals surface area (Å²) in [5.41, 5.74) is -0.293. The maximum Gasteiger partial charge on any atom is 0.296 e. The van der Waals surface area contributed by atoms with E-state index >= 15 is 0 Å². The highest BCUT2D eigenvalue weighted by molar-refractivity contribution is 6.54. The van der Waals surface area contributed by atoms with Gasteiger partial charge in [-0.05, 0) is 12.1 Å². The highest BCUT2D eigenvalue weighted by atomic mass is 35.5. The molecule has 17 heavy (non-hydrogen) atoms. The largest absolute Gasteiger partial charge is 0.496 e. The van der Waals surface area contributed by atoms with Crippen LogP contribution in [0.2, 0.25) is 0 Å². The number of halogens is 2. The molecule has 0 bridgehead atoms. The molecule has 1 N–H and O–H groups in total. The Balaban J connectivity index is 3.06. The van der Waals surface area contributed by atoms with E-state index in [2.05, 4.69) is 5.32 Å². The van der Waals surface area contributed by atoms with Crippen LogP contribution in [0, 0.1) is 10.1 Å². The molecule has 8 heteroatoms. The van der Waals surface area contributed by atoms with Crippen molar-refractivity contribution in [3.8, 4) is 5.75 Å². The Morgan fingerprint density at radius 3 is 2.65 bits per heavy atom. The first-order valence-corrected chi connectivity index (χ1v) is 5.24. The van der Waals surface area contributed by atoms with E-state index in [0.29, 0.717) is 5.75 Å². The molecule has 1 amide bonds. The monoisotopic (exact) mass is 278 g/mol. The second-order valence-corrected chi connectivity index (χ2v) is 4.03. The van der Waals surface area contributed by atoms with E-state index in [-0.39, 0.29) is 11.4 Å². The molecule has 0 aliphatic carbocycles. The Morgan fingerprint density at radius 1 is 1.53 bits per heavy atom. The number of nitrogens with one attached hydrogen (secondary N) is 1. The number of amides is 1. The van der Waals surface area contributed by atoms with Gasteiger partial charge in [0.25, 0.3) is 11.6 Å². The summed E-state index contributed by atoms with van der Waals surface area (Å²) in [5, 5.41) is 13.0. The molecule has 0 saturated heterocycles. The lowest BCUT2D eigenvalue weighted by Gasteiger charge is -2.07. The summed E-state index contributed by atoms with van der Waals surface area (Å²) < 4.78 is 4.84. The number of anilines is 1. The lowest BCUT2D eigenvalue weighted by Crippen LogP contribution is -2.19. The lowest BCUT2D eigenvalue weighted by atomic mass is 10.2. The van der Waals surface area contributed by atoms with Crippen molar-refractivity contribution in [2.75, 3.05) is 12.4 Å². The molecule has 0 fully saturated rings. The Morgan fingerprint density at radius 2 is 2.18 bits per heavy atom. The summed E-state index contributed by atoms with van der Waals surface area (Å²) in [7, 11) is 1.38. The maximum absolute atomic E-state index is 11.2. The summed E-state index contributed by atoms with van der Waals surface area (Å²) in [5.74, 6) is -0.426. The number of methoxy groups -OCH3 is 1. The molecule has 0 atom stereocenters. The predicted octanol–water partition coefficient (Wildman–Crippen LogP) is 2.35. The van der Waals surface area contributed by atoms with Gasteiger partial charge in [0, 0.05) is 0 Å². The highest BCUT2D eigenvalue weighted by Gasteiger charge is 2.19. The molecule has 0 saturated carbocycles. The van der Waals surface area contributed by atoms with E-state index < -0.39 is 15.7 Å². The van der Waals surface area contributed by atoms with Gasteiger partial charge in [0.15, 0.2) is 4.84 Å². The molecule has 0 aromatic heterocycles. The number of carbonyl (C=O) groups is 1. The third-order valence-electron chi connectivity index (χ3n) is 1.86. The third kappa shape index (κ3) is 3.47. The molecule has 0 radical (unpaired) electrons. The van der Waals surface area contributed by atoms with E-state index in [1.807, 2.05) is 0 Å². The van der Waals surface area contributed by atoms with Crippen LogP contribution in [0.1, 0.15) is 0 Å². The van der Waals surface area contributed by atoms with Crippen LogP contribution in [0.3, 0.4) is 0 Å². The lowest BCUT2D eigenvalue weighted by molar-refractivity contribution is -0.384. The third-order valence-corrected chi connectivity index (χ3v) is 2.25. The van der Waals surface area contributed by atoms with E-state index in [9.17, 15) is 14.9 Å². The number of carbonyl (C=O) groups excluding carboxylic acids is 1. The molecule has 0 aliphatic heterocycles. The molecule has 0 spiro atoms. The summed E-state index contributed by atoms with van der Waals surface area (Å²) in [6.07, 6.45) is 0. The summed E-state index contributed by atoms with van der Waals surface area (Å²) >= 11 is 10.7. The standard InChI is InChI=1S/C9H8Cl2N2O4/c1-17-5-2-3-6(7(4-5)13(15)16)12-9(14)8(10)11/h2-4,8H,1H3,(H,12,14). The van der Waals surface area contributed by atoms with Crippen LogP contribution in [0.4, 0.5) is 11.4 Å². The molecular weight excluding hydrogens is 271 g/mol. The van der Waals surface area contributed by atoms with Gasteiger partial charge in [-0.3, -0.25) is 14.9 Å². The van der Waals surface area contributed by atoms with Crippen LogP contribution < -0.4 is 10.1 Å². The van der Waals surface area contributed by atoms with Crippen LogP contribution in [-0.4, -0.2) is 22.8 Å². The Labute approximate surface area is 107 Å². The van der Waals surface area contributed by atoms with Crippen molar-refractivity contribution in [1.82, 2.24) is 0 Å². The van der Waals surface area contributed by atoms with Gasteiger partial charge in [0.1, 0.15) is 11.4 Å². The SMILES string of the molecule is COc1ccc(NC(=O)C(Cl)Cl)c([N+](=O)[O-])c1. The summed E-state index contributed by atoms with van der Waals surface area (Å²) in [6.45, 7) is 0. The summed E-state index contributed by atoms with van der Waals surface area (Å²) in [4.78, 5) is 20.0. The van der Waals surface area contributed by atoms with Gasteiger partial charge in [-0.15, -0.1) is 0 Å². The second-order valence-electron chi connectivity index (χ2n) is 2.93. The molecule has 1 rings (SSSR count). The van der Waals surface area contributed by atoms with Gasteiger partial charge in [-0.2, -0.15) is 0 Å². The van der Waals surface area contributed by atoms with Gasteiger partial charge in [-0.25, -0.2) is 0 Å². The normalized spacial score (nSPS) is 10.1. The van der Waals surface area contributed by atoms with E-state index in [4.69, 9.17) is 27.9 Å². The molecule has 92 valence electrons. The molecule has 6 nitrogen and oxygen atoms in total.